The Kier molecular flexibility index (Phi) is 8.42. The minimum atomic E-state index is -0.118. The van der Waals surface area contributed by atoms with Crippen LogP contribution in [-0.2, 0) is 0 Å². The molecule has 0 unspecified atom stereocenters. The number of hydrogen-bond acceptors (Lipinski definition) is 0. The van der Waals surface area contributed by atoms with Crippen LogP contribution in [0.5, 0.6) is 0 Å². The standard InChI is InChI=1S/C30H36/c1-8-10-12-16-23(3)29-22-28(20-19-24(29)4)30(6,7)27(15-9-2)21-25(5)26-17-13-11-14-18-26/h8-18,20-22,24H,1,5,19H2,2-4,6-7H3/b12-10-,15-9-,23-16+,27-21+/t24-/m1/s1. The molecule has 0 aliphatic heterocycles. The summed E-state index contributed by atoms with van der Waals surface area (Å²) >= 11 is 0. The lowest BCUT2D eigenvalue weighted by Crippen LogP contribution is -2.20. The molecule has 1 aliphatic carbocycles. The quantitative estimate of drug-likeness (QED) is 0.385. The SMILES string of the molecule is C=C/C=C\C=C(/C)C1=CC(C(C)(C)C(/C=C\C)=C/C(=C)c2ccccc2)=CC[C@H]1C. The van der Waals surface area contributed by atoms with Crippen molar-refractivity contribution in [3.05, 3.63) is 126 Å². The molecule has 1 aromatic carbocycles. The molecular weight excluding hydrogens is 360 g/mol. The fourth-order valence-corrected chi connectivity index (χ4v) is 3.82. The molecule has 0 nitrogen and oxygen atoms in total. The van der Waals surface area contributed by atoms with Gasteiger partial charge < -0.3 is 0 Å². The van der Waals surface area contributed by atoms with Crippen molar-refractivity contribution in [3.63, 3.8) is 0 Å². The lowest BCUT2D eigenvalue weighted by atomic mass is 9.71. The minimum Gasteiger partial charge on any atom is -0.0991 e. The predicted molar refractivity (Wildman–Crippen MR) is 135 cm³/mol. The zero-order chi connectivity index (χ0) is 22.1. The van der Waals surface area contributed by atoms with Crippen molar-refractivity contribution in [2.75, 3.05) is 0 Å². The van der Waals surface area contributed by atoms with Crippen molar-refractivity contribution in [1.82, 2.24) is 0 Å². The van der Waals surface area contributed by atoms with Crippen LogP contribution in [0.1, 0.15) is 46.6 Å². The first-order valence-corrected chi connectivity index (χ1v) is 10.8. The largest absolute Gasteiger partial charge is 0.0991 e. The molecular formula is C30H36. The van der Waals surface area contributed by atoms with Gasteiger partial charge in [-0.2, -0.15) is 0 Å². The van der Waals surface area contributed by atoms with Crippen molar-refractivity contribution >= 4 is 5.57 Å². The average Bonchev–Trinajstić information content (AvgIpc) is 2.74. The molecule has 0 radical (unpaired) electrons. The maximum Gasteiger partial charge on any atom is 0.0143 e. The highest BCUT2D eigenvalue weighted by Gasteiger charge is 2.28. The van der Waals surface area contributed by atoms with E-state index in [9.17, 15) is 0 Å². The number of hydrogen-bond donors (Lipinski definition) is 0. The third kappa shape index (κ3) is 5.83. The topological polar surface area (TPSA) is 0 Å². The van der Waals surface area contributed by atoms with Gasteiger partial charge in [-0.25, -0.2) is 0 Å². The van der Waals surface area contributed by atoms with E-state index >= 15 is 0 Å². The van der Waals surface area contributed by atoms with Gasteiger partial charge in [0.25, 0.3) is 0 Å². The zero-order valence-electron chi connectivity index (χ0n) is 19.3. The van der Waals surface area contributed by atoms with Gasteiger partial charge in [0.2, 0.25) is 0 Å². The first-order valence-electron chi connectivity index (χ1n) is 10.8. The van der Waals surface area contributed by atoms with Gasteiger partial charge in [0.15, 0.2) is 0 Å². The predicted octanol–water partition coefficient (Wildman–Crippen LogP) is 8.81. The van der Waals surface area contributed by atoms with Crippen molar-refractivity contribution < 1.29 is 0 Å². The van der Waals surface area contributed by atoms with E-state index in [-0.39, 0.29) is 5.41 Å². The zero-order valence-corrected chi connectivity index (χ0v) is 19.3. The molecule has 0 heterocycles. The number of rotatable bonds is 8. The molecule has 156 valence electrons. The van der Waals surface area contributed by atoms with E-state index in [0.29, 0.717) is 5.92 Å². The van der Waals surface area contributed by atoms with Crippen LogP contribution in [-0.4, -0.2) is 0 Å². The molecule has 0 aromatic heterocycles. The normalized spacial score (nSPS) is 18.5. The molecule has 1 atom stereocenters. The van der Waals surface area contributed by atoms with Gasteiger partial charge in [-0.1, -0.05) is 119 Å². The Hall–Kier alpha value is -2.86. The molecule has 0 fully saturated rings. The van der Waals surface area contributed by atoms with Crippen LogP contribution < -0.4 is 0 Å². The number of benzene rings is 1. The summed E-state index contributed by atoms with van der Waals surface area (Å²) in [6.45, 7) is 19.3. The molecule has 1 aromatic rings. The third-order valence-electron chi connectivity index (χ3n) is 5.85. The van der Waals surface area contributed by atoms with Gasteiger partial charge >= 0.3 is 0 Å². The van der Waals surface area contributed by atoms with E-state index in [0.717, 1.165) is 17.6 Å². The molecule has 0 saturated heterocycles. The molecule has 30 heavy (non-hydrogen) atoms. The van der Waals surface area contributed by atoms with Gasteiger partial charge in [-0.3, -0.25) is 0 Å². The maximum atomic E-state index is 4.33. The van der Waals surface area contributed by atoms with E-state index in [1.54, 1.807) is 0 Å². The highest BCUT2D eigenvalue weighted by molar-refractivity contribution is 5.74. The summed E-state index contributed by atoms with van der Waals surface area (Å²) in [6, 6.07) is 10.4. The first kappa shape index (κ1) is 23.4. The molecule has 0 amide bonds. The fourth-order valence-electron chi connectivity index (χ4n) is 3.82. The van der Waals surface area contributed by atoms with E-state index < -0.39 is 0 Å². The van der Waals surface area contributed by atoms with Crippen LogP contribution in [0, 0.1) is 11.3 Å². The summed E-state index contributed by atoms with van der Waals surface area (Å²) in [5.74, 6) is 0.520. The molecule has 0 N–H and O–H groups in total. The molecule has 2 rings (SSSR count). The van der Waals surface area contributed by atoms with Crippen molar-refractivity contribution in [2.45, 2.75) is 41.0 Å². The van der Waals surface area contributed by atoms with Crippen molar-refractivity contribution in [1.29, 1.82) is 0 Å². The second kappa shape index (κ2) is 10.8. The van der Waals surface area contributed by atoms with Gasteiger partial charge in [0.1, 0.15) is 0 Å². The summed E-state index contributed by atoms with van der Waals surface area (Å²) in [5.41, 5.74) is 7.43. The Morgan fingerprint density at radius 2 is 1.83 bits per heavy atom. The van der Waals surface area contributed by atoms with Crippen molar-refractivity contribution in [3.8, 4) is 0 Å². The van der Waals surface area contributed by atoms with Crippen LogP contribution in [0.4, 0.5) is 0 Å². The average molecular weight is 397 g/mol. The Labute approximate surface area is 184 Å². The Morgan fingerprint density at radius 3 is 2.47 bits per heavy atom. The Morgan fingerprint density at radius 1 is 1.13 bits per heavy atom. The highest BCUT2D eigenvalue weighted by atomic mass is 14.3. The third-order valence-corrected chi connectivity index (χ3v) is 5.85. The van der Waals surface area contributed by atoms with Crippen LogP contribution in [0.2, 0.25) is 0 Å². The first-order chi connectivity index (χ1) is 14.3. The van der Waals surface area contributed by atoms with Gasteiger partial charge in [0, 0.05) is 5.41 Å². The van der Waals surface area contributed by atoms with Gasteiger partial charge in [-0.05, 0) is 59.6 Å². The molecule has 0 saturated carbocycles. The van der Waals surface area contributed by atoms with Crippen LogP contribution >= 0.6 is 0 Å². The Balaban J connectivity index is 2.44. The van der Waals surface area contributed by atoms with Crippen LogP contribution in [0.15, 0.2) is 120 Å². The van der Waals surface area contributed by atoms with Crippen LogP contribution in [0.3, 0.4) is 0 Å². The van der Waals surface area contributed by atoms with E-state index in [2.05, 4.69) is 115 Å². The summed E-state index contributed by atoms with van der Waals surface area (Å²) in [5, 5.41) is 0. The maximum absolute atomic E-state index is 4.33. The number of allylic oxidation sites excluding steroid dienone is 14. The smallest absolute Gasteiger partial charge is 0.0143 e. The monoisotopic (exact) mass is 396 g/mol. The second-order valence-electron chi connectivity index (χ2n) is 8.48. The summed E-state index contributed by atoms with van der Waals surface area (Å²) in [4.78, 5) is 0. The van der Waals surface area contributed by atoms with E-state index in [4.69, 9.17) is 0 Å². The Bertz CT molecular complexity index is 937. The molecule has 0 bridgehead atoms. The fraction of sp³-hybridized carbons (Fsp3) is 0.267. The molecule has 1 aliphatic rings. The summed E-state index contributed by atoms with van der Waals surface area (Å²) in [7, 11) is 0. The van der Waals surface area contributed by atoms with Crippen molar-refractivity contribution in [2.24, 2.45) is 11.3 Å². The lowest BCUT2D eigenvalue weighted by molar-refractivity contribution is 0.547. The summed E-state index contributed by atoms with van der Waals surface area (Å²) < 4.78 is 0. The molecule has 0 heteroatoms. The lowest BCUT2D eigenvalue weighted by Gasteiger charge is -2.33. The van der Waals surface area contributed by atoms with Gasteiger partial charge in [-0.15, -0.1) is 0 Å². The van der Waals surface area contributed by atoms with E-state index in [1.165, 1.54) is 22.3 Å². The summed E-state index contributed by atoms with van der Waals surface area (Å²) in [6.07, 6.45) is 20.5. The molecule has 0 spiro atoms. The van der Waals surface area contributed by atoms with Crippen LogP contribution in [0.25, 0.3) is 5.57 Å². The second-order valence-corrected chi connectivity index (χ2v) is 8.48. The van der Waals surface area contributed by atoms with Gasteiger partial charge in [0.05, 0.1) is 0 Å². The highest BCUT2D eigenvalue weighted by Crippen LogP contribution is 2.42. The van der Waals surface area contributed by atoms with E-state index in [1.807, 2.05) is 18.2 Å². The minimum absolute atomic E-state index is 0.118.